The zero-order chi connectivity index (χ0) is 14.0. The Labute approximate surface area is 121 Å². The molecule has 1 unspecified atom stereocenters. The third-order valence-electron chi connectivity index (χ3n) is 3.22. The van der Waals surface area contributed by atoms with Crippen molar-refractivity contribution in [2.75, 3.05) is 30.0 Å². The molecule has 0 radical (unpaired) electrons. The van der Waals surface area contributed by atoms with E-state index in [1.165, 1.54) is 0 Å². The van der Waals surface area contributed by atoms with Crippen molar-refractivity contribution in [3.63, 3.8) is 0 Å². The topological polar surface area (TPSA) is 47.4 Å². The molecule has 1 fully saturated rings. The Morgan fingerprint density at radius 2 is 2.26 bits per heavy atom. The van der Waals surface area contributed by atoms with E-state index in [0.717, 1.165) is 5.33 Å². The summed E-state index contributed by atoms with van der Waals surface area (Å²) in [6, 6.07) is 0.157. The molecule has 0 aromatic carbocycles. The Bertz CT molecular complexity index is 495. The maximum Gasteiger partial charge on any atom is 0.294 e. The van der Waals surface area contributed by atoms with E-state index in [2.05, 4.69) is 20.9 Å². The van der Waals surface area contributed by atoms with Crippen molar-refractivity contribution in [3.8, 4) is 0 Å². The number of nitrogens with zero attached hydrogens (tertiary/aromatic N) is 3. The lowest BCUT2D eigenvalue weighted by Crippen LogP contribution is -2.50. The SMILES string of the molecule is CC(C)(C)n1ccnc(N2CCOCC2CBr)c1=O. The number of aromatic nitrogens is 2. The van der Waals surface area contributed by atoms with Gasteiger partial charge in [-0.15, -0.1) is 0 Å². The monoisotopic (exact) mass is 329 g/mol. The van der Waals surface area contributed by atoms with Crippen molar-refractivity contribution in [1.82, 2.24) is 9.55 Å². The van der Waals surface area contributed by atoms with Gasteiger partial charge in [-0.2, -0.15) is 0 Å². The molecule has 1 aromatic heterocycles. The smallest absolute Gasteiger partial charge is 0.294 e. The fourth-order valence-electron chi connectivity index (χ4n) is 2.19. The van der Waals surface area contributed by atoms with E-state index in [0.29, 0.717) is 25.6 Å². The molecule has 5 nitrogen and oxygen atoms in total. The van der Waals surface area contributed by atoms with Crippen molar-refractivity contribution in [2.45, 2.75) is 32.4 Å². The lowest BCUT2D eigenvalue weighted by molar-refractivity contribution is 0.0997. The maximum atomic E-state index is 12.6. The quantitative estimate of drug-likeness (QED) is 0.773. The Morgan fingerprint density at radius 1 is 1.53 bits per heavy atom. The molecule has 1 aliphatic rings. The van der Waals surface area contributed by atoms with Gasteiger partial charge < -0.3 is 14.2 Å². The fourth-order valence-corrected chi connectivity index (χ4v) is 2.72. The summed E-state index contributed by atoms with van der Waals surface area (Å²) in [5.41, 5.74) is -0.284. The van der Waals surface area contributed by atoms with E-state index in [-0.39, 0.29) is 17.1 Å². The molecule has 1 saturated heterocycles. The largest absolute Gasteiger partial charge is 0.377 e. The van der Waals surface area contributed by atoms with Gasteiger partial charge in [-0.25, -0.2) is 4.98 Å². The number of morpholine rings is 1. The summed E-state index contributed by atoms with van der Waals surface area (Å²) in [7, 11) is 0. The minimum absolute atomic E-state index is 0.0390. The highest BCUT2D eigenvalue weighted by atomic mass is 79.9. The molecule has 0 amide bonds. The van der Waals surface area contributed by atoms with Crippen LogP contribution in [0.3, 0.4) is 0 Å². The fraction of sp³-hybridized carbons (Fsp3) is 0.692. The van der Waals surface area contributed by atoms with Crippen LogP contribution < -0.4 is 10.5 Å². The predicted octanol–water partition coefficient (Wildman–Crippen LogP) is 1.60. The van der Waals surface area contributed by atoms with E-state index in [9.17, 15) is 4.79 Å². The number of anilines is 1. The van der Waals surface area contributed by atoms with Crippen LogP contribution in [0.1, 0.15) is 20.8 Å². The highest BCUT2D eigenvalue weighted by molar-refractivity contribution is 9.09. The minimum Gasteiger partial charge on any atom is -0.377 e. The molecular formula is C13H20BrN3O2. The van der Waals surface area contributed by atoms with Crippen molar-refractivity contribution in [1.29, 1.82) is 0 Å². The predicted molar refractivity (Wildman–Crippen MR) is 79.2 cm³/mol. The van der Waals surface area contributed by atoms with Gasteiger partial charge in [0.2, 0.25) is 0 Å². The Morgan fingerprint density at radius 3 is 2.89 bits per heavy atom. The van der Waals surface area contributed by atoms with Gasteiger partial charge in [0.25, 0.3) is 5.56 Å². The van der Waals surface area contributed by atoms with E-state index >= 15 is 0 Å². The molecule has 1 atom stereocenters. The second kappa shape index (κ2) is 5.63. The first-order chi connectivity index (χ1) is 8.95. The van der Waals surface area contributed by atoms with Crippen molar-refractivity contribution in [3.05, 3.63) is 22.7 Å². The van der Waals surface area contributed by atoms with E-state index in [1.807, 2.05) is 25.7 Å². The zero-order valence-corrected chi connectivity index (χ0v) is 13.2. The van der Waals surface area contributed by atoms with Gasteiger partial charge in [0.05, 0.1) is 19.3 Å². The second-order valence-electron chi connectivity index (χ2n) is 5.67. The minimum atomic E-state index is -0.245. The molecule has 106 valence electrons. The Balaban J connectivity index is 2.42. The molecule has 1 aliphatic heterocycles. The average molecular weight is 330 g/mol. The average Bonchev–Trinajstić information content (AvgIpc) is 2.37. The third-order valence-corrected chi connectivity index (χ3v) is 3.97. The van der Waals surface area contributed by atoms with Gasteiger partial charge in [-0.05, 0) is 20.8 Å². The van der Waals surface area contributed by atoms with Crippen LogP contribution in [0.2, 0.25) is 0 Å². The molecule has 2 heterocycles. The van der Waals surface area contributed by atoms with Gasteiger partial charge in [0.15, 0.2) is 5.82 Å². The van der Waals surface area contributed by atoms with Gasteiger partial charge in [-0.3, -0.25) is 4.79 Å². The van der Waals surface area contributed by atoms with E-state index in [1.54, 1.807) is 17.0 Å². The lowest BCUT2D eigenvalue weighted by atomic mass is 10.1. The van der Waals surface area contributed by atoms with Crippen LogP contribution in [0.25, 0.3) is 0 Å². The summed E-state index contributed by atoms with van der Waals surface area (Å²) in [6.07, 6.45) is 3.44. The van der Waals surface area contributed by atoms with Crippen LogP contribution in [0, 0.1) is 0 Å². The van der Waals surface area contributed by atoms with Gasteiger partial charge in [-0.1, -0.05) is 15.9 Å². The molecule has 2 rings (SSSR count). The first-order valence-corrected chi connectivity index (χ1v) is 7.56. The second-order valence-corrected chi connectivity index (χ2v) is 6.32. The summed E-state index contributed by atoms with van der Waals surface area (Å²) < 4.78 is 7.19. The highest BCUT2D eigenvalue weighted by Gasteiger charge is 2.27. The van der Waals surface area contributed by atoms with Crippen LogP contribution in [0.4, 0.5) is 5.82 Å². The maximum absolute atomic E-state index is 12.6. The Hall–Kier alpha value is -0.880. The highest BCUT2D eigenvalue weighted by Crippen LogP contribution is 2.17. The van der Waals surface area contributed by atoms with Crippen molar-refractivity contribution in [2.24, 2.45) is 0 Å². The number of hydrogen-bond acceptors (Lipinski definition) is 4. The van der Waals surface area contributed by atoms with Crippen LogP contribution >= 0.6 is 15.9 Å². The number of ether oxygens (including phenoxy) is 1. The lowest BCUT2D eigenvalue weighted by Gasteiger charge is -2.35. The first kappa shape index (κ1) is 14.5. The molecule has 0 N–H and O–H groups in total. The number of alkyl halides is 1. The summed E-state index contributed by atoms with van der Waals surface area (Å²) in [5.74, 6) is 0.519. The molecule has 0 bridgehead atoms. The summed E-state index contributed by atoms with van der Waals surface area (Å²) in [5, 5.41) is 0.762. The first-order valence-electron chi connectivity index (χ1n) is 6.43. The van der Waals surface area contributed by atoms with Crippen LogP contribution in [0.15, 0.2) is 17.2 Å². The Kier molecular flexibility index (Phi) is 4.30. The van der Waals surface area contributed by atoms with E-state index < -0.39 is 0 Å². The zero-order valence-electron chi connectivity index (χ0n) is 11.6. The molecule has 6 heteroatoms. The van der Waals surface area contributed by atoms with Crippen LogP contribution in [-0.4, -0.2) is 40.7 Å². The molecule has 0 spiro atoms. The molecule has 1 aromatic rings. The number of halogens is 1. The molecule has 19 heavy (non-hydrogen) atoms. The summed E-state index contributed by atoms with van der Waals surface area (Å²) in [6.45, 7) is 8.00. The third kappa shape index (κ3) is 3.00. The van der Waals surface area contributed by atoms with Crippen molar-refractivity contribution < 1.29 is 4.74 Å². The van der Waals surface area contributed by atoms with Crippen LogP contribution in [-0.2, 0) is 10.3 Å². The molecule has 0 aliphatic carbocycles. The standard InChI is InChI=1S/C13H20BrN3O2/c1-13(2,3)17-5-4-15-11(12(17)18)16-6-7-19-9-10(16)8-14/h4-5,10H,6-9H2,1-3H3. The van der Waals surface area contributed by atoms with Gasteiger partial charge >= 0.3 is 0 Å². The van der Waals surface area contributed by atoms with Gasteiger partial charge in [0.1, 0.15) is 0 Å². The summed E-state index contributed by atoms with van der Waals surface area (Å²) >= 11 is 3.47. The van der Waals surface area contributed by atoms with Crippen LogP contribution in [0.5, 0.6) is 0 Å². The van der Waals surface area contributed by atoms with Crippen molar-refractivity contribution >= 4 is 21.7 Å². The number of rotatable bonds is 2. The molecule has 0 saturated carbocycles. The van der Waals surface area contributed by atoms with E-state index in [4.69, 9.17) is 4.74 Å². The molecular weight excluding hydrogens is 310 g/mol. The van der Waals surface area contributed by atoms with Gasteiger partial charge in [0, 0.05) is 29.8 Å². The summed E-state index contributed by atoms with van der Waals surface area (Å²) in [4.78, 5) is 18.9. The number of hydrogen-bond donors (Lipinski definition) is 0. The normalized spacial score (nSPS) is 20.6.